The van der Waals surface area contributed by atoms with Crippen LogP contribution in [0.3, 0.4) is 0 Å². The van der Waals surface area contributed by atoms with Crippen molar-refractivity contribution in [3.8, 4) is 0 Å². The van der Waals surface area contributed by atoms with Crippen LogP contribution in [0.4, 0.5) is 5.69 Å². The minimum absolute atomic E-state index is 0.389. The number of nitrogens with zero attached hydrogens (tertiary/aromatic N) is 2. The highest BCUT2D eigenvalue weighted by molar-refractivity contribution is 7.98. The van der Waals surface area contributed by atoms with Gasteiger partial charge in [0, 0.05) is 20.2 Å². The van der Waals surface area contributed by atoms with Crippen molar-refractivity contribution in [2.75, 3.05) is 38.0 Å². The molecule has 1 aromatic heterocycles. The molecule has 0 radical (unpaired) electrons. The lowest BCUT2D eigenvalue weighted by Crippen LogP contribution is -2.51. The number of pyridine rings is 1. The Morgan fingerprint density at radius 2 is 2.39 bits per heavy atom. The third-order valence-corrected chi connectivity index (χ3v) is 3.92. The van der Waals surface area contributed by atoms with Gasteiger partial charge >= 0.3 is 0 Å². The topological polar surface area (TPSA) is 45.6 Å². The van der Waals surface area contributed by atoms with E-state index in [1.165, 1.54) is 0 Å². The molecule has 2 heterocycles. The second kappa shape index (κ2) is 5.91. The molecule has 1 N–H and O–H groups in total. The first-order chi connectivity index (χ1) is 8.67. The van der Waals surface area contributed by atoms with Gasteiger partial charge in [-0.1, -0.05) is 0 Å². The Bertz CT molecular complexity index is 381. The monoisotopic (exact) mass is 268 g/mol. The normalized spacial score (nSPS) is 24.3. The van der Waals surface area contributed by atoms with Crippen LogP contribution >= 0.6 is 11.8 Å². The highest BCUT2D eigenvalue weighted by Crippen LogP contribution is 2.26. The number of hydrogen-bond donors (Lipinski definition) is 1. The molecular weight excluding hydrogens is 248 g/mol. The largest absolute Gasteiger partial charge is 0.386 e. The van der Waals surface area contributed by atoms with E-state index in [-0.39, 0.29) is 0 Å². The molecule has 5 heteroatoms. The van der Waals surface area contributed by atoms with Crippen LogP contribution in [0.5, 0.6) is 0 Å². The van der Waals surface area contributed by atoms with Crippen LogP contribution in [-0.4, -0.2) is 48.8 Å². The van der Waals surface area contributed by atoms with Crippen LogP contribution in [0.15, 0.2) is 23.4 Å². The molecule has 0 amide bonds. The second-order valence-corrected chi connectivity index (χ2v) is 5.57. The molecule has 1 saturated heterocycles. The third kappa shape index (κ3) is 3.16. The zero-order valence-electron chi connectivity index (χ0n) is 10.9. The number of aliphatic hydroxyl groups is 1. The minimum Gasteiger partial charge on any atom is -0.386 e. The lowest BCUT2D eigenvalue weighted by atomic mass is 9.93. The maximum Gasteiger partial charge on any atom is 0.105 e. The highest BCUT2D eigenvalue weighted by atomic mass is 32.2. The van der Waals surface area contributed by atoms with Gasteiger partial charge in [0.15, 0.2) is 0 Å². The molecule has 1 aliphatic rings. The summed E-state index contributed by atoms with van der Waals surface area (Å²) in [4.78, 5) is 6.55. The summed E-state index contributed by atoms with van der Waals surface area (Å²) < 4.78 is 5.11. The first kappa shape index (κ1) is 13.6. The summed E-state index contributed by atoms with van der Waals surface area (Å²) in [6, 6.07) is 4.08. The van der Waals surface area contributed by atoms with Crippen LogP contribution in [0.1, 0.15) is 12.8 Å². The Labute approximate surface area is 112 Å². The summed E-state index contributed by atoms with van der Waals surface area (Å²) in [7, 11) is 1.63. The quantitative estimate of drug-likeness (QED) is 0.843. The summed E-state index contributed by atoms with van der Waals surface area (Å²) >= 11 is 1.63. The van der Waals surface area contributed by atoms with Crippen LogP contribution in [0.25, 0.3) is 0 Å². The third-order valence-electron chi connectivity index (χ3n) is 3.26. The number of rotatable bonds is 4. The van der Waals surface area contributed by atoms with Crippen molar-refractivity contribution in [2.24, 2.45) is 0 Å². The maximum absolute atomic E-state index is 10.4. The number of hydrogen-bond acceptors (Lipinski definition) is 5. The minimum atomic E-state index is -0.731. The van der Waals surface area contributed by atoms with Gasteiger partial charge in [0.25, 0.3) is 0 Å². The zero-order valence-corrected chi connectivity index (χ0v) is 11.7. The zero-order chi connectivity index (χ0) is 13.0. The fourth-order valence-electron chi connectivity index (χ4n) is 2.40. The number of thioether (sulfide) groups is 1. The molecule has 0 saturated carbocycles. The van der Waals surface area contributed by atoms with Crippen LogP contribution in [-0.2, 0) is 4.74 Å². The van der Waals surface area contributed by atoms with E-state index in [0.29, 0.717) is 13.2 Å². The van der Waals surface area contributed by atoms with Crippen LogP contribution in [0.2, 0.25) is 0 Å². The second-order valence-electron chi connectivity index (χ2n) is 4.74. The molecule has 1 fully saturated rings. The molecule has 18 heavy (non-hydrogen) atoms. The van der Waals surface area contributed by atoms with Gasteiger partial charge < -0.3 is 14.7 Å². The lowest BCUT2D eigenvalue weighted by Gasteiger charge is -2.39. The molecule has 0 unspecified atom stereocenters. The maximum atomic E-state index is 10.4. The molecule has 100 valence electrons. The average Bonchev–Trinajstić information content (AvgIpc) is 2.39. The Hall–Kier alpha value is -0.780. The van der Waals surface area contributed by atoms with E-state index in [2.05, 4.69) is 16.0 Å². The number of methoxy groups -OCH3 is 1. The van der Waals surface area contributed by atoms with Gasteiger partial charge in [0.1, 0.15) is 5.60 Å². The van der Waals surface area contributed by atoms with E-state index >= 15 is 0 Å². The molecule has 1 aliphatic heterocycles. The van der Waals surface area contributed by atoms with E-state index in [0.717, 1.165) is 30.1 Å². The molecule has 0 bridgehead atoms. The van der Waals surface area contributed by atoms with Gasteiger partial charge in [-0.15, -0.1) is 11.8 Å². The lowest BCUT2D eigenvalue weighted by molar-refractivity contribution is -0.0393. The van der Waals surface area contributed by atoms with E-state index in [1.807, 2.05) is 18.5 Å². The Morgan fingerprint density at radius 1 is 1.56 bits per heavy atom. The average molecular weight is 268 g/mol. The summed E-state index contributed by atoms with van der Waals surface area (Å²) in [5.74, 6) is 0. The van der Waals surface area contributed by atoms with Gasteiger partial charge in [-0.3, -0.25) is 0 Å². The predicted molar refractivity (Wildman–Crippen MR) is 74.3 cm³/mol. The molecule has 0 aromatic carbocycles. The van der Waals surface area contributed by atoms with E-state index < -0.39 is 5.60 Å². The van der Waals surface area contributed by atoms with Crippen molar-refractivity contribution in [1.82, 2.24) is 4.98 Å². The standard InChI is InChI=1S/C13H20N2O2S/c1-17-10-13(16)6-3-7-15(9-13)11-4-5-12(18-2)14-8-11/h4-5,8,16H,3,6-7,9-10H2,1-2H3/t13-/m1/s1. The summed E-state index contributed by atoms with van der Waals surface area (Å²) in [5, 5.41) is 11.4. The first-order valence-corrected chi connectivity index (χ1v) is 7.36. The molecule has 0 aliphatic carbocycles. The van der Waals surface area contributed by atoms with Crippen molar-refractivity contribution in [3.63, 3.8) is 0 Å². The van der Waals surface area contributed by atoms with Gasteiger partial charge in [0.05, 0.1) is 23.5 Å². The van der Waals surface area contributed by atoms with Gasteiger partial charge in [0.2, 0.25) is 0 Å². The number of β-amino-alcohol motifs (C(OH)–C–C–N with tert-alkyl or cyclic N) is 1. The molecule has 4 nitrogen and oxygen atoms in total. The number of aromatic nitrogens is 1. The summed E-state index contributed by atoms with van der Waals surface area (Å²) in [5.41, 5.74) is 0.340. The molecule has 1 aromatic rings. The fourth-order valence-corrected chi connectivity index (χ4v) is 2.76. The van der Waals surface area contributed by atoms with Crippen molar-refractivity contribution in [3.05, 3.63) is 18.3 Å². The number of anilines is 1. The number of piperidine rings is 1. The predicted octanol–water partition coefficient (Wildman–Crippen LogP) is 1.78. The Balaban J connectivity index is 2.07. The first-order valence-electron chi connectivity index (χ1n) is 6.13. The summed E-state index contributed by atoms with van der Waals surface area (Å²) in [6.07, 6.45) is 5.67. The van der Waals surface area contributed by atoms with E-state index in [9.17, 15) is 5.11 Å². The Kier molecular flexibility index (Phi) is 4.48. The van der Waals surface area contributed by atoms with Crippen molar-refractivity contribution in [2.45, 2.75) is 23.5 Å². The van der Waals surface area contributed by atoms with Crippen LogP contribution in [0, 0.1) is 0 Å². The smallest absolute Gasteiger partial charge is 0.105 e. The molecular formula is C13H20N2O2S. The molecule has 1 atom stereocenters. The van der Waals surface area contributed by atoms with Crippen molar-refractivity contribution in [1.29, 1.82) is 0 Å². The Morgan fingerprint density at radius 3 is 3.00 bits per heavy atom. The molecule has 0 spiro atoms. The van der Waals surface area contributed by atoms with Gasteiger partial charge in [-0.25, -0.2) is 4.98 Å². The van der Waals surface area contributed by atoms with Gasteiger partial charge in [-0.2, -0.15) is 0 Å². The van der Waals surface area contributed by atoms with E-state index in [4.69, 9.17) is 4.74 Å². The van der Waals surface area contributed by atoms with E-state index in [1.54, 1.807) is 18.9 Å². The highest BCUT2D eigenvalue weighted by Gasteiger charge is 2.33. The molecule has 2 rings (SSSR count). The van der Waals surface area contributed by atoms with Crippen molar-refractivity contribution >= 4 is 17.4 Å². The van der Waals surface area contributed by atoms with Crippen LogP contribution < -0.4 is 4.90 Å². The SMILES string of the molecule is COC[C@@]1(O)CCCN(c2ccc(SC)nc2)C1. The number of ether oxygens (including phenoxy) is 1. The van der Waals surface area contributed by atoms with Crippen molar-refractivity contribution < 1.29 is 9.84 Å². The summed E-state index contributed by atoms with van der Waals surface area (Å²) in [6.45, 7) is 1.97. The van der Waals surface area contributed by atoms with Gasteiger partial charge in [-0.05, 0) is 31.2 Å². The fraction of sp³-hybridized carbons (Fsp3) is 0.615.